The molecule has 1 aromatic heterocycles. The molecule has 2 aromatic rings. The molecule has 2 aliphatic heterocycles. The average Bonchev–Trinajstić information content (AvgIpc) is 2.78. The van der Waals surface area contributed by atoms with Gasteiger partial charge < -0.3 is 9.88 Å². The Morgan fingerprint density at radius 3 is 2.68 bits per heavy atom. The Morgan fingerprint density at radius 1 is 1.23 bits per heavy atom. The van der Waals surface area contributed by atoms with Crippen LogP contribution in [0.4, 0.5) is 4.39 Å². The number of rotatable bonds is 4. The van der Waals surface area contributed by atoms with Crippen LogP contribution < -0.4 is 5.56 Å². The zero-order valence-corrected chi connectivity index (χ0v) is 18.1. The normalized spacial score (nSPS) is 19.8. The highest BCUT2D eigenvalue weighted by atomic mass is 32.2. The molecular formula is C21H25FN4O4S. The van der Waals surface area contributed by atoms with Crippen molar-refractivity contribution >= 4 is 15.9 Å². The Morgan fingerprint density at radius 2 is 1.97 bits per heavy atom. The van der Waals surface area contributed by atoms with E-state index >= 15 is 0 Å². The number of aromatic amines is 1. The van der Waals surface area contributed by atoms with E-state index < -0.39 is 21.9 Å². The topological polar surface area (TPSA) is 103 Å². The summed E-state index contributed by atoms with van der Waals surface area (Å²) >= 11 is 0. The molecule has 0 spiro atoms. The van der Waals surface area contributed by atoms with Crippen LogP contribution in [0.15, 0.2) is 29.1 Å². The maximum absolute atomic E-state index is 13.3. The summed E-state index contributed by atoms with van der Waals surface area (Å²) in [5.74, 6) is -0.310. The highest BCUT2D eigenvalue weighted by Crippen LogP contribution is 2.31. The van der Waals surface area contributed by atoms with Gasteiger partial charge in [0.1, 0.15) is 11.6 Å². The number of halogens is 1. The largest absolute Gasteiger partial charge is 0.328 e. The Labute approximate surface area is 180 Å². The molecule has 2 aliphatic rings. The Bertz CT molecular complexity index is 1150. The van der Waals surface area contributed by atoms with Crippen molar-refractivity contribution in [2.75, 3.05) is 18.8 Å². The van der Waals surface area contributed by atoms with Crippen LogP contribution in [-0.2, 0) is 23.0 Å². The van der Waals surface area contributed by atoms with E-state index in [0.717, 1.165) is 12.8 Å². The molecule has 1 unspecified atom stereocenters. The number of piperidine rings is 1. The smallest absolute Gasteiger partial charge is 0.254 e. The molecule has 31 heavy (non-hydrogen) atoms. The number of nitrogens with one attached hydrogen (secondary N) is 1. The van der Waals surface area contributed by atoms with Crippen molar-refractivity contribution in [3.8, 4) is 0 Å². The van der Waals surface area contributed by atoms with Crippen molar-refractivity contribution in [1.82, 2.24) is 19.2 Å². The van der Waals surface area contributed by atoms with Crippen LogP contribution in [0.25, 0.3) is 0 Å². The highest BCUT2D eigenvalue weighted by Gasteiger charge is 2.33. The first kappa shape index (κ1) is 21.6. The monoisotopic (exact) mass is 448 g/mol. The first-order valence-electron chi connectivity index (χ1n) is 10.5. The summed E-state index contributed by atoms with van der Waals surface area (Å²) in [5, 5.41) is 0. The molecule has 1 aromatic carbocycles. The maximum atomic E-state index is 13.3. The van der Waals surface area contributed by atoms with Crippen LogP contribution >= 0.6 is 0 Å². The molecular weight excluding hydrogens is 423 g/mol. The zero-order valence-electron chi connectivity index (χ0n) is 17.3. The van der Waals surface area contributed by atoms with E-state index in [1.165, 1.54) is 28.6 Å². The first-order valence-corrected chi connectivity index (χ1v) is 12.1. The summed E-state index contributed by atoms with van der Waals surface area (Å²) in [6.07, 6.45) is 2.63. The molecule has 3 heterocycles. The van der Waals surface area contributed by atoms with Crippen LogP contribution in [-0.4, -0.2) is 52.3 Å². The number of benzene rings is 1. The number of fused-ring (bicyclic) bond motifs is 1. The van der Waals surface area contributed by atoms with Gasteiger partial charge in [-0.25, -0.2) is 17.8 Å². The molecule has 1 fully saturated rings. The summed E-state index contributed by atoms with van der Waals surface area (Å²) in [6.45, 7) is 2.40. The van der Waals surface area contributed by atoms with Crippen molar-refractivity contribution in [2.45, 2.75) is 45.2 Å². The molecule has 1 amide bonds. The molecule has 1 atom stereocenters. The maximum Gasteiger partial charge on any atom is 0.254 e. The Kier molecular flexibility index (Phi) is 5.94. The second-order valence-electron chi connectivity index (χ2n) is 7.88. The van der Waals surface area contributed by atoms with Crippen molar-refractivity contribution in [2.24, 2.45) is 0 Å². The number of hydrogen-bond donors (Lipinski definition) is 1. The van der Waals surface area contributed by atoms with Gasteiger partial charge in [0.2, 0.25) is 10.0 Å². The van der Waals surface area contributed by atoms with Gasteiger partial charge in [0, 0.05) is 24.2 Å². The van der Waals surface area contributed by atoms with Gasteiger partial charge in [-0.2, -0.15) is 4.31 Å². The summed E-state index contributed by atoms with van der Waals surface area (Å²) in [4.78, 5) is 34.9. The quantitative estimate of drug-likeness (QED) is 0.770. The van der Waals surface area contributed by atoms with E-state index in [9.17, 15) is 22.4 Å². The number of likely N-dealkylation sites (tertiary alicyclic amines) is 1. The number of amides is 1. The van der Waals surface area contributed by atoms with E-state index in [2.05, 4.69) is 9.97 Å². The van der Waals surface area contributed by atoms with Gasteiger partial charge in [-0.3, -0.25) is 9.59 Å². The number of nitrogens with zero attached hydrogens (tertiary/aromatic N) is 3. The highest BCUT2D eigenvalue weighted by molar-refractivity contribution is 7.89. The number of sulfonamides is 1. The van der Waals surface area contributed by atoms with Crippen molar-refractivity contribution in [3.63, 3.8) is 0 Å². The molecule has 1 saturated heterocycles. The van der Waals surface area contributed by atoms with Crippen molar-refractivity contribution < 1.29 is 17.6 Å². The molecule has 1 N–H and O–H groups in total. The minimum absolute atomic E-state index is 0.0129. The molecule has 0 saturated carbocycles. The summed E-state index contributed by atoms with van der Waals surface area (Å²) < 4.78 is 39.2. The van der Waals surface area contributed by atoms with E-state index in [4.69, 9.17) is 0 Å². The van der Waals surface area contributed by atoms with E-state index in [1.807, 2.05) is 0 Å². The fourth-order valence-corrected chi connectivity index (χ4v) is 5.28. The standard InChI is InChI=1S/C21H25FN4O4S/c1-2-31(29,30)25-12-10-16-17(13-25)23-19(24-20(16)27)18-5-3-4-11-26(18)21(28)14-6-8-15(22)9-7-14/h6-9,18H,2-5,10-13H2,1H3,(H,23,24,27). The van der Waals surface area contributed by atoms with Gasteiger partial charge in [0.05, 0.1) is 24.0 Å². The van der Waals surface area contributed by atoms with E-state index in [0.29, 0.717) is 42.0 Å². The second-order valence-corrected chi connectivity index (χ2v) is 10.1. The lowest BCUT2D eigenvalue weighted by Crippen LogP contribution is -2.42. The minimum Gasteiger partial charge on any atom is -0.328 e. The van der Waals surface area contributed by atoms with Crippen LogP contribution in [0, 0.1) is 5.82 Å². The van der Waals surface area contributed by atoms with Gasteiger partial charge in [0.15, 0.2) is 0 Å². The molecule has 4 rings (SSSR count). The average molecular weight is 449 g/mol. The fourth-order valence-electron chi connectivity index (χ4n) is 4.23. The van der Waals surface area contributed by atoms with Gasteiger partial charge in [-0.1, -0.05) is 0 Å². The number of aromatic nitrogens is 2. The van der Waals surface area contributed by atoms with E-state index in [1.54, 1.807) is 11.8 Å². The molecule has 8 nitrogen and oxygen atoms in total. The Hall–Kier alpha value is -2.59. The minimum atomic E-state index is -3.39. The second kappa shape index (κ2) is 8.51. The van der Waals surface area contributed by atoms with Crippen LogP contribution in [0.1, 0.15) is 59.7 Å². The lowest BCUT2D eigenvalue weighted by atomic mass is 9.99. The molecule has 0 radical (unpaired) electrons. The SMILES string of the molecule is CCS(=O)(=O)N1CCc2c(nc(C3CCCCN3C(=O)c3ccc(F)cc3)[nH]c2=O)C1. The third kappa shape index (κ3) is 4.27. The number of carbonyl (C=O) groups is 1. The third-order valence-electron chi connectivity index (χ3n) is 5.99. The predicted octanol–water partition coefficient (Wildman–Crippen LogP) is 1.98. The fraction of sp³-hybridized carbons (Fsp3) is 0.476. The predicted molar refractivity (Wildman–Crippen MR) is 112 cm³/mol. The summed E-state index contributed by atoms with van der Waals surface area (Å²) in [5.41, 5.74) is 1.03. The molecule has 166 valence electrons. The molecule has 0 bridgehead atoms. The van der Waals surface area contributed by atoms with Gasteiger partial charge >= 0.3 is 0 Å². The summed E-state index contributed by atoms with van der Waals surface area (Å²) in [6, 6.07) is 4.95. The van der Waals surface area contributed by atoms with Crippen LogP contribution in [0.5, 0.6) is 0 Å². The van der Waals surface area contributed by atoms with Crippen molar-refractivity contribution in [3.05, 3.63) is 63.1 Å². The number of hydrogen-bond acceptors (Lipinski definition) is 5. The third-order valence-corrected chi connectivity index (χ3v) is 7.81. The van der Waals surface area contributed by atoms with Gasteiger partial charge in [0.25, 0.3) is 11.5 Å². The van der Waals surface area contributed by atoms with Gasteiger partial charge in [-0.15, -0.1) is 0 Å². The molecule has 0 aliphatic carbocycles. The molecule has 10 heteroatoms. The van der Waals surface area contributed by atoms with Crippen LogP contribution in [0.2, 0.25) is 0 Å². The lowest BCUT2D eigenvalue weighted by molar-refractivity contribution is 0.0598. The summed E-state index contributed by atoms with van der Waals surface area (Å²) in [7, 11) is -3.39. The first-order chi connectivity index (χ1) is 14.8. The van der Waals surface area contributed by atoms with E-state index in [-0.39, 0.29) is 30.3 Å². The van der Waals surface area contributed by atoms with Crippen molar-refractivity contribution in [1.29, 1.82) is 0 Å². The number of H-pyrrole nitrogens is 1. The lowest BCUT2D eigenvalue weighted by Gasteiger charge is -2.36. The number of carbonyl (C=O) groups excluding carboxylic acids is 1. The Balaban J connectivity index is 1.67. The van der Waals surface area contributed by atoms with Crippen LogP contribution in [0.3, 0.4) is 0 Å². The zero-order chi connectivity index (χ0) is 22.2. The van der Waals surface area contributed by atoms with Gasteiger partial charge in [-0.05, 0) is 56.9 Å².